The summed E-state index contributed by atoms with van der Waals surface area (Å²) in [6.45, 7) is 4.65. The minimum Gasteiger partial charge on any atom is -0.481 e. The van der Waals surface area contributed by atoms with Crippen LogP contribution in [0, 0.1) is 0 Å². The van der Waals surface area contributed by atoms with Gasteiger partial charge in [-0.2, -0.15) is 0 Å². The van der Waals surface area contributed by atoms with Crippen molar-refractivity contribution in [3.05, 3.63) is 142 Å². The number of amides is 1. The molecular weight excluding hydrogens is 557 g/mol. The molecule has 0 fully saturated rings. The number of benzene rings is 4. The van der Waals surface area contributed by atoms with Gasteiger partial charge >= 0.3 is 5.97 Å². The molecule has 0 saturated carbocycles. The molecule has 1 amide bonds. The summed E-state index contributed by atoms with van der Waals surface area (Å²) in [4.78, 5) is 23.0. The molecule has 0 atom stereocenters. The third-order valence-electron chi connectivity index (χ3n) is 6.31. The number of halogens is 2. The van der Waals surface area contributed by atoms with Crippen LogP contribution < -0.4 is 11.2 Å². The lowest BCUT2D eigenvalue weighted by Crippen LogP contribution is -2.29. The van der Waals surface area contributed by atoms with Crippen LogP contribution in [0.5, 0.6) is 0 Å². The molecule has 4 aromatic rings. The van der Waals surface area contributed by atoms with Crippen molar-refractivity contribution in [3.63, 3.8) is 0 Å². The maximum atomic E-state index is 12.3. The molecule has 4 aromatic carbocycles. The topological polar surface area (TPSA) is 95.7 Å². The van der Waals surface area contributed by atoms with E-state index in [4.69, 9.17) is 34.2 Å². The van der Waals surface area contributed by atoms with E-state index in [1.807, 2.05) is 54.6 Å². The fourth-order valence-electron chi connectivity index (χ4n) is 4.24. The standard InChI is InChI=1S/C33H29Cl2N3O3/c1-22(28-18-29(34)20-30(35)19-28)16-31(27-9-5-8-26(17-27)24-6-3-2-4-7-24)38(36)21-23-10-12-25(13-11-23)33(41)37-15-14-32(39)40/h2-13,16-20H,1,14-15,21,36H2,(H,37,41)(H,39,40)/b31-16-. The second-order valence-electron chi connectivity index (χ2n) is 9.38. The van der Waals surface area contributed by atoms with Crippen LogP contribution in [0.1, 0.15) is 33.5 Å². The molecule has 6 nitrogen and oxygen atoms in total. The summed E-state index contributed by atoms with van der Waals surface area (Å²) in [5.74, 6) is 5.38. The van der Waals surface area contributed by atoms with Crippen LogP contribution in [0.15, 0.2) is 110 Å². The second-order valence-corrected chi connectivity index (χ2v) is 10.3. The molecule has 0 aliphatic heterocycles. The second kappa shape index (κ2) is 13.8. The minimum atomic E-state index is -0.969. The smallest absolute Gasteiger partial charge is 0.305 e. The van der Waals surface area contributed by atoms with Crippen molar-refractivity contribution in [3.8, 4) is 11.1 Å². The lowest BCUT2D eigenvalue weighted by molar-refractivity contribution is -0.136. The quantitative estimate of drug-likeness (QED) is 0.0975. The van der Waals surface area contributed by atoms with Gasteiger partial charge in [-0.15, -0.1) is 0 Å². The summed E-state index contributed by atoms with van der Waals surface area (Å²) in [6, 6.07) is 30.4. The number of hydrogen-bond acceptors (Lipinski definition) is 4. The van der Waals surface area contributed by atoms with Crippen molar-refractivity contribution >= 4 is 46.3 Å². The lowest BCUT2D eigenvalue weighted by atomic mass is 9.99. The largest absolute Gasteiger partial charge is 0.481 e. The van der Waals surface area contributed by atoms with Crippen molar-refractivity contribution < 1.29 is 14.7 Å². The summed E-state index contributed by atoms with van der Waals surface area (Å²) in [5, 5.41) is 14.0. The maximum Gasteiger partial charge on any atom is 0.305 e. The molecule has 0 aromatic heterocycles. The average Bonchev–Trinajstić information content (AvgIpc) is 2.96. The molecule has 0 heterocycles. The molecule has 8 heteroatoms. The first kappa shape index (κ1) is 29.6. The van der Waals surface area contributed by atoms with Crippen molar-refractivity contribution in [2.75, 3.05) is 6.54 Å². The van der Waals surface area contributed by atoms with Gasteiger partial charge in [0.25, 0.3) is 5.91 Å². The van der Waals surface area contributed by atoms with Gasteiger partial charge in [0.1, 0.15) is 0 Å². The molecule has 4 N–H and O–H groups in total. The number of hydrazine groups is 1. The Morgan fingerprint density at radius 1 is 0.829 bits per heavy atom. The number of carboxylic acids is 1. The maximum absolute atomic E-state index is 12.3. The van der Waals surface area contributed by atoms with Crippen LogP contribution in [0.3, 0.4) is 0 Å². The number of nitrogens with zero attached hydrogens (tertiary/aromatic N) is 1. The van der Waals surface area contributed by atoms with Crippen molar-refractivity contribution in [2.45, 2.75) is 13.0 Å². The predicted molar refractivity (Wildman–Crippen MR) is 166 cm³/mol. The van der Waals surface area contributed by atoms with E-state index in [1.54, 1.807) is 35.3 Å². The van der Waals surface area contributed by atoms with Crippen LogP contribution in [-0.2, 0) is 11.3 Å². The van der Waals surface area contributed by atoms with Gasteiger partial charge in [-0.05, 0) is 75.9 Å². The Morgan fingerprint density at radius 2 is 1.49 bits per heavy atom. The van der Waals surface area contributed by atoms with Crippen LogP contribution in [0.2, 0.25) is 10.0 Å². The third-order valence-corrected chi connectivity index (χ3v) is 6.75. The highest BCUT2D eigenvalue weighted by atomic mass is 35.5. The Balaban J connectivity index is 1.62. The number of rotatable bonds is 11. The third kappa shape index (κ3) is 8.32. The van der Waals surface area contributed by atoms with E-state index < -0.39 is 5.97 Å². The predicted octanol–water partition coefficient (Wildman–Crippen LogP) is 7.30. The van der Waals surface area contributed by atoms with Crippen LogP contribution in [0.4, 0.5) is 0 Å². The zero-order valence-electron chi connectivity index (χ0n) is 22.2. The van der Waals surface area contributed by atoms with Gasteiger partial charge in [-0.25, -0.2) is 5.84 Å². The Kier molecular flexibility index (Phi) is 9.98. The minimum absolute atomic E-state index is 0.0599. The average molecular weight is 587 g/mol. The molecule has 0 radical (unpaired) electrons. The fraction of sp³-hybridized carbons (Fsp3) is 0.0909. The molecule has 41 heavy (non-hydrogen) atoms. The van der Waals surface area contributed by atoms with Gasteiger partial charge in [-0.3, -0.25) is 9.59 Å². The summed E-state index contributed by atoms with van der Waals surface area (Å²) in [5.41, 5.74) is 6.48. The Morgan fingerprint density at radius 3 is 2.15 bits per heavy atom. The molecule has 0 unspecified atom stereocenters. The zero-order chi connectivity index (χ0) is 29.4. The molecule has 0 aliphatic rings. The number of allylic oxidation sites excluding steroid dienone is 2. The van der Waals surface area contributed by atoms with E-state index in [9.17, 15) is 9.59 Å². The molecule has 208 valence electrons. The number of hydrogen-bond donors (Lipinski definition) is 3. The SMILES string of the molecule is C=C(/C=C(/c1cccc(-c2ccccc2)c1)N(N)Cc1ccc(C(=O)NCCC(=O)O)cc1)c1cc(Cl)cc(Cl)c1. The summed E-state index contributed by atoms with van der Waals surface area (Å²) in [6.07, 6.45) is 1.76. The van der Waals surface area contributed by atoms with Crippen molar-refractivity contribution in [2.24, 2.45) is 5.84 Å². The summed E-state index contributed by atoms with van der Waals surface area (Å²) >= 11 is 12.5. The molecule has 0 saturated heterocycles. The first-order chi connectivity index (χ1) is 19.7. The van der Waals surface area contributed by atoms with Gasteiger partial charge in [-0.1, -0.05) is 90.4 Å². The highest BCUT2D eigenvalue weighted by molar-refractivity contribution is 6.34. The first-order valence-electron chi connectivity index (χ1n) is 12.8. The van der Waals surface area contributed by atoms with Gasteiger partial charge in [0.15, 0.2) is 0 Å². The molecule has 0 spiro atoms. The monoisotopic (exact) mass is 585 g/mol. The highest BCUT2D eigenvalue weighted by Crippen LogP contribution is 2.30. The number of nitrogens with one attached hydrogen (secondary N) is 1. The van der Waals surface area contributed by atoms with Crippen LogP contribution in [-0.4, -0.2) is 28.5 Å². The van der Waals surface area contributed by atoms with Crippen molar-refractivity contribution in [1.82, 2.24) is 10.3 Å². The van der Waals surface area contributed by atoms with Gasteiger partial charge in [0.2, 0.25) is 0 Å². The van der Waals surface area contributed by atoms with E-state index in [-0.39, 0.29) is 18.9 Å². The number of carboxylic acid groups (broad SMARTS) is 1. The van der Waals surface area contributed by atoms with E-state index in [1.165, 1.54) is 0 Å². The molecular formula is C33H29Cl2N3O3. The number of carbonyl (C=O) groups is 2. The number of carbonyl (C=O) groups excluding carboxylic acids is 1. The van der Waals surface area contributed by atoms with E-state index in [0.29, 0.717) is 27.7 Å². The Labute approximate surface area is 249 Å². The van der Waals surface area contributed by atoms with Crippen LogP contribution in [0.25, 0.3) is 22.4 Å². The Hall–Kier alpha value is -4.36. The normalized spacial score (nSPS) is 11.1. The summed E-state index contributed by atoms with van der Waals surface area (Å²) in [7, 11) is 0. The van der Waals surface area contributed by atoms with Gasteiger partial charge < -0.3 is 15.4 Å². The number of nitrogens with two attached hydrogens (primary N) is 1. The van der Waals surface area contributed by atoms with E-state index in [2.05, 4.69) is 30.1 Å². The molecule has 0 aliphatic carbocycles. The van der Waals surface area contributed by atoms with Gasteiger partial charge in [0.05, 0.1) is 18.7 Å². The van der Waals surface area contributed by atoms with E-state index >= 15 is 0 Å². The van der Waals surface area contributed by atoms with Crippen LogP contribution >= 0.6 is 23.2 Å². The lowest BCUT2D eigenvalue weighted by Gasteiger charge is -2.24. The zero-order valence-corrected chi connectivity index (χ0v) is 23.7. The summed E-state index contributed by atoms with van der Waals surface area (Å²) < 4.78 is 0. The Bertz CT molecular complexity index is 1570. The molecule has 0 bridgehead atoms. The van der Waals surface area contributed by atoms with Gasteiger partial charge in [0, 0.05) is 22.2 Å². The fourth-order valence-corrected chi connectivity index (χ4v) is 4.76. The first-order valence-corrected chi connectivity index (χ1v) is 13.6. The van der Waals surface area contributed by atoms with Crippen molar-refractivity contribution in [1.29, 1.82) is 0 Å². The molecule has 4 rings (SSSR count). The highest BCUT2D eigenvalue weighted by Gasteiger charge is 2.14. The number of aliphatic carboxylic acids is 1. The van der Waals surface area contributed by atoms with E-state index in [0.717, 1.165) is 33.5 Å².